The van der Waals surface area contributed by atoms with E-state index in [-0.39, 0.29) is 13.0 Å². The third kappa shape index (κ3) is 9.49. The maximum atomic E-state index is 11.9. The summed E-state index contributed by atoms with van der Waals surface area (Å²) in [6.07, 6.45) is -0.664. The Morgan fingerprint density at radius 3 is 2.44 bits per heavy atom. The molecule has 1 atom stereocenters. The molecule has 0 aliphatic carbocycles. The summed E-state index contributed by atoms with van der Waals surface area (Å²) in [5.74, 6) is -0.805. The summed E-state index contributed by atoms with van der Waals surface area (Å²) in [5.41, 5.74) is -0.489. The number of esters is 1. The number of hydrogen-bond donors (Lipinski definition) is 2. The Balaban J connectivity index is 2.30. The lowest BCUT2D eigenvalue weighted by Gasteiger charge is -2.21. The van der Waals surface area contributed by atoms with Crippen LogP contribution in [0.15, 0.2) is 18.2 Å². The zero-order chi connectivity index (χ0) is 20.6. The molecule has 0 aromatic heterocycles. The quantitative estimate of drug-likeness (QED) is 0.519. The summed E-state index contributed by atoms with van der Waals surface area (Å²) in [5, 5.41) is 5.58. The highest BCUT2D eigenvalue weighted by atomic mass is 35.5. The van der Waals surface area contributed by atoms with E-state index in [1.54, 1.807) is 39.0 Å². The van der Waals surface area contributed by atoms with Crippen molar-refractivity contribution in [1.82, 2.24) is 10.6 Å². The van der Waals surface area contributed by atoms with Crippen LogP contribution in [-0.2, 0) is 14.3 Å². The normalized spacial score (nSPS) is 12.1. The second-order valence-corrected chi connectivity index (χ2v) is 7.70. The summed E-state index contributed by atoms with van der Waals surface area (Å²) in [6.45, 7) is 6.96. The SMILES string of the molecule is C[C@@H](OC(=O)CCCOc1ccc(Cl)cc1Cl)C(=O)NC(=O)NC(C)(C)C. The molecular formula is C18H24Cl2N2O5. The number of urea groups is 1. The Morgan fingerprint density at radius 2 is 1.85 bits per heavy atom. The molecule has 9 heteroatoms. The van der Waals surface area contributed by atoms with Crippen LogP contribution in [0.1, 0.15) is 40.5 Å². The number of amides is 3. The molecule has 0 unspecified atom stereocenters. The van der Waals surface area contributed by atoms with Gasteiger partial charge >= 0.3 is 12.0 Å². The summed E-state index contributed by atoms with van der Waals surface area (Å²) in [7, 11) is 0. The summed E-state index contributed by atoms with van der Waals surface area (Å²) >= 11 is 11.8. The van der Waals surface area contributed by atoms with Crippen molar-refractivity contribution in [3.05, 3.63) is 28.2 Å². The van der Waals surface area contributed by atoms with E-state index in [4.69, 9.17) is 32.7 Å². The van der Waals surface area contributed by atoms with Gasteiger partial charge in [-0.3, -0.25) is 14.9 Å². The maximum Gasteiger partial charge on any atom is 0.321 e. The van der Waals surface area contributed by atoms with Crippen molar-refractivity contribution < 1.29 is 23.9 Å². The monoisotopic (exact) mass is 418 g/mol. The highest BCUT2D eigenvalue weighted by Crippen LogP contribution is 2.27. The Kier molecular flexibility index (Phi) is 8.85. The van der Waals surface area contributed by atoms with Gasteiger partial charge < -0.3 is 14.8 Å². The number of benzene rings is 1. The molecule has 0 heterocycles. The van der Waals surface area contributed by atoms with Crippen LogP contribution in [0, 0.1) is 0 Å². The molecule has 0 aliphatic heterocycles. The molecule has 1 aromatic rings. The Morgan fingerprint density at radius 1 is 1.19 bits per heavy atom. The molecule has 0 saturated carbocycles. The number of ether oxygens (including phenoxy) is 2. The van der Waals surface area contributed by atoms with Crippen molar-refractivity contribution >= 4 is 41.1 Å². The van der Waals surface area contributed by atoms with Gasteiger partial charge in [0.15, 0.2) is 6.10 Å². The zero-order valence-corrected chi connectivity index (χ0v) is 17.2. The molecule has 2 N–H and O–H groups in total. The average Bonchev–Trinajstić information content (AvgIpc) is 2.51. The summed E-state index contributed by atoms with van der Waals surface area (Å²) in [6, 6.07) is 4.19. The van der Waals surface area contributed by atoms with Crippen LogP contribution < -0.4 is 15.4 Å². The first-order valence-electron chi connectivity index (χ1n) is 8.38. The highest BCUT2D eigenvalue weighted by Gasteiger charge is 2.22. The van der Waals surface area contributed by atoms with E-state index in [1.807, 2.05) is 0 Å². The van der Waals surface area contributed by atoms with Crippen LogP contribution in [0.4, 0.5) is 4.79 Å². The van der Waals surface area contributed by atoms with Crippen molar-refractivity contribution in [3.8, 4) is 5.75 Å². The minimum absolute atomic E-state index is 0.0526. The van der Waals surface area contributed by atoms with Crippen LogP contribution in [-0.4, -0.2) is 36.2 Å². The van der Waals surface area contributed by atoms with Crippen molar-refractivity contribution in [3.63, 3.8) is 0 Å². The van der Waals surface area contributed by atoms with E-state index >= 15 is 0 Å². The van der Waals surface area contributed by atoms with E-state index in [1.165, 1.54) is 6.92 Å². The van der Waals surface area contributed by atoms with Gasteiger partial charge in [0, 0.05) is 17.0 Å². The molecule has 0 spiro atoms. The van der Waals surface area contributed by atoms with Gasteiger partial charge in [-0.1, -0.05) is 23.2 Å². The third-order valence-electron chi connectivity index (χ3n) is 3.08. The fourth-order valence-electron chi connectivity index (χ4n) is 1.89. The standard InChI is InChI=1S/C18H24Cl2N2O5/c1-11(16(24)21-17(25)22-18(2,3)4)27-15(23)6-5-9-26-14-8-7-12(19)10-13(14)20/h7-8,10-11H,5-6,9H2,1-4H3,(H2,21,22,24,25)/t11-/m1/s1. The molecule has 7 nitrogen and oxygen atoms in total. The fraction of sp³-hybridized carbons (Fsp3) is 0.500. The topological polar surface area (TPSA) is 93.7 Å². The van der Waals surface area contributed by atoms with Crippen LogP contribution in [0.3, 0.4) is 0 Å². The second-order valence-electron chi connectivity index (χ2n) is 6.85. The Hall–Kier alpha value is -1.99. The predicted octanol–water partition coefficient (Wildman–Crippen LogP) is 3.71. The maximum absolute atomic E-state index is 11.9. The van der Waals surface area contributed by atoms with Gasteiger partial charge in [-0.25, -0.2) is 4.79 Å². The van der Waals surface area contributed by atoms with Gasteiger partial charge in [0.25, 0.3) is 5.91 Å². The van der Waals surface area contributed by atoms with E-state index in [0.717, 1.165) is 0 Å². The van der Waals surface area contributed by atoms with Crippen LogP contribution in [0.5, 0.6) is 5.75 Å². The van der Waals surface area contributed by atoms with Gasteiger partial charge in [-0.15, -0.1) is 0 Å². The van der Waals surface area contributed by atoms with Gasteiger partial charge in [-0.2, -0.15) is 0 Å². The number of halogens is 2. The van der Waals surface area contributed by atoms with E-state index < -0.39 is 29.6 Å². The number of hydrogen-bond acceptors (Lipinski definition) is 5. The number of rotatable bonds is 7. The van der Waals surface area contributed by atoms with Crippen molar-refractivity contribution in [2.24, 2.45) is 0 Å². The lowest BCUT2D eigenvalue weighted by atomic mass is 10.1. The molecule has 0 fully saturated rings. The summed E-state index contributed by atoms with van der Waals surface area (Å²) in [4.78, 5) is 35.3. The van der Waals surface area contributed by atoms with Crippen molar-refractivity contribution in [1.29, 1.82) is 0 Å². The molecular weight excluding hydrogens is 395 g/mol. The molecule has 3 amide bonds. The zero-order valence-electron chi connectivity index (χ0n) is 15.7. The van der Waals surface area contributed by atoms with Gasteiger partial charge in [-0.05, 0) is 52.3 Å². The largest absolute Gasteiger partial charge is 0.492 e. The smallest absolute Gasteiger partial charge is 0.321 e. The lowest BCUT2D eigenvalue weighted by Crippen LogP contribution is -2.50. The highest BCUT2D eigenvalue weighted by molar-refractivity contribution is 6.35. The summed E-state index contributed by atoms with van der Waals surface area (Å²) < 4.78 is 10.5. The Labute approximate surface area is 168 Å². The van der Waals surface area contributed by atoms with Crippen LogP contribution in [0.25, 0.3) is 0 Å². The molecule has 1 aromatic carbocycles. The number of imide groups is 1. The van der Waals surface area contributed by atoms with Gasteiger partial charge in [0.05, 0.1) is 11.6 Å². The second kappa shape index (κ2) is 10.4. The fourth-order valence-corrected chi connectivity index (χ4v) is 2.35. The minimum Gasteiger partial charge on any atom is -0.492 e. The van der Waals surface area contributed by atoms with Crippen molar-refractivity contribution in [2.45, 2.75) is 52.2 Å². The van der Waals surface area contributed by atoms with E-state index in [2.05, 4.69) is 10.6 Å². The first-order chi connectivity index (χ1) is 12.5. The molecule has 0 radical (unpaired) electrons. The molecule has 150 valence electrons. The first-order valence-corrected chi connectivity index (χ1v) is 9.14. The number of carbonyl (C=O) groups is 3. The van der Waals surface area contributed by atoms with Crippen molar-refractivity contribution in [2.75, 3.05) is 6.61 Å². The number of carbonyl (C=O) groups excluding carboxylic acids is 3. The van der Waals surface area contributed by atoms with Crippen LogP contribution >= 0.6 is 23.2 Å². The van der Waals surface area contributed by atoms with E-state index in [9.17, 15) is 14.4 Å². The lowest BCUT2D eigenvalue weighted by molar-refractivity contribution is -0.154. The van der Waals surface area contributed by atoms with E-state index in [0.29, 0.717) is 22.2 Å². The molecule has 0 bridgehead atoms. The molecule has 0 aliphatic rings. The number of nitrogens with one attached hydrogen (secondary N) is 2. The minimum atomic E-state index is -1.09. The van der Waals surface area contributed by atoms with Gasteiger partial charge in [0.2, 0.25) is 0 Å². The average molecular weight is 419 g/mol. The Bertz CT molecular complexity index is 689. The molecule has 0 saturated heterocycles. The molecule has 1 rings (SSSR count). The predicted molar refractivity (Wildman–Crippen MR) is 103 cm³/mol. The van der Waals surface area contributed by atoms with Gasteiger partial charge in [0.1, 0.15) is 5.75 Å². The van der Waals surface area contributed by atoms with Crippen LogP contribution in [0.2, 0.25) is 10.0 Å². The third-order valence-corrected chi connectivity index (χ3v) is 3.61. The molecule has 27 heavy (non-hydrogen) atoms. The first kappa shape index (κ1) is 23.0.